The Kier molecular flexibility index (Phi) is 4.15. The summed E-state index contributed by atoms with van der Waals surface area (Å²) >= 11 is 0. The highest BCUT2D eigenvalue weighted by Crippen LogP contribution is 2.25. The van der Waals surface area contributed by atoms with E-state index < -0.39 is 11.9 Å². The monoisotopic (exact) mass is 269 g/mol. The normalized spacial score (nSPS) is 10.2. The lowest BCUT2D eigenvalue weighted by atomic mass is 9.94. The van der Waals surface area contributed by atoms with Gasteiger partial charge in [0.15, 0.2) is 0 Å². The first kappa shape index (κ1) is 13.8. The van der Waals surface area contributed by atoms with Crippen LogP contribution in [0.15, 0.2) is 48.5 Å². The Morgan fingerprint density at radius 2 is 1.75 bits per heavy atom. The van der Waals surface area contributed by atoms with Crippen LogP contribution in [0.25, 0.3) is 11.1 Å². The quantitative estimate of drug-likeness (QED) is 0.875. The summed E-state index contributed by atoms with van der Waals surface area (Å²) in [5.41, 5.74) is 8.40. The minimum Gasteiger partial charge on any atom is -0.481 e. The molecule has 3 N–H and O–H groups in total. The molecule has 2 aromatic carbocycles. The van der Waals surface area contributed by atoms with Crippen LogP contribution in [0.4, 0.5) is 0 Å². The fraction of sp³-hybridized carbons (Fsp3) is 0.125. The van der Waals surface area contributed by atoms with Crippen molar-refractivity contribution >= 4 is 11.9 Å². The molecular weight excluding hydrogens is 254 g/mol. The van der Waals surface area contributed by atoms with Crippen LogP contribution in [0.1, 0.15) is 22.3 Å². The molecule has 0 heterocycles. The molecule has 4 heteroatoms. The van der Waals surface area contributed by atoms with E-state index in [0.29, 0.717) is 12.0 Å². The van der Waals surface area contributed by atoms with E-state index in [9.17, 15) is 9.59 Å². The van der Waals surface area contributed by atoms with Crippen molar-refractivity contribution < 1.29 is 14.7 Å². The van der Waals surface area contributed by atoms with Gasteiger partial charge < -0.3 is 10.8 Å². The fourth-order valence-corrected chi connectivity index (χ4v) is 2.09. The Bertz CT molecular complexity index is 635. The molecule has 1 amide bonds. The van der Waals surface area contributed by atoms with E-state index in [1.165, 1.54) is 0 Å². The minimum atomic E-state index is -0.867. The lowest BCUT2D eigenvalue weighted by Gasteiger charge is -2.10. The number of hydrogen-bond acceptors (Lipinski definition) is 2. The van der Waals surface area contributed by atoms with Crippen molar-refractivity contribution in [3.63, 3.8) is 0 Å². The van der Waals surface area contributed by atoms with Crippen LogP contribution in [0.3, 0.4) is 0 Å². The van der Waals surface area contributed by atoms with E-state index in [1.807, 2.05) is 36.4 Å². The largest absolute Gasteiger partial charge is 0.481 e. The summed E-state index contributed by atoms with van der Waals surface area (Å²) in [6, 6.07) is 14.8. The van der Waals surface area contributed by atoms with E-state index in [4.69, 9.17) is 10.8 Å². The minimum absolute atomic E-state index is 0.0159. The summed E-state index contributed by atoms with van der Waals surface area (Å²) in [4.78, 5) is 22.0. The van der Waals surface area contributed by atoms with Gasteiger partial charge in [0.05, 0.1) is 0 Å². The van der Waals surface area contributed by atoms with E-state index in [-0.39, 0.29) is 6.42 Å². The van der Waals surface area contributed by atoms with Gasteiger partial charge in [-0.15, -0.1) is 0 Å². The van der Waals surface area contributed by atoms with Gasteiger partial charge in [0.1, 0.15) is 0 Å². The Hall–Kier alpha value is -2.62. The Balaban J connectivity index is 2.44. The second-order valence-corrected chi connectivity index (χ2v) is 4.50. The van der Waals surface area contributed by atoms with Gasteiger partial charge in [-0.05, 0) is 35.2 Å². The smallest absolute Gasteiger partial charge is 0.303 e. The lowest BCUT2D eigenvalue weighted by Crippen LogP contribution is -2.11. The van der Waals surface area contributed by atoms with Crippen molar-refractivity contribution in [3.8, 4) is 11.1 Å². The van der Waals surface area contributed by atoms with Crippen molar-refractivity contribution in [2.45, 2.75) is 12.8 Å². The maximum absolute atomic E-state index is 11.2. The zero-order valence-electron chi connectivity index (χ0n) is 10.9. The van der Waals surface area contributed by atoms with Gasteiger partial charge >= 0.3 is 5.97 Å². The molecule has 0 saturated heterocycles. The topological polar surface area (TPSA) is 80.4 Å². The molecule has 0 fully saturated rings. The van der Waals surface area contributed by atoms with E-state index in [2.05, 4.69) is 0 Å². The van der Waals surface area contributed by atoms with Gasteiger partial charge in [-0.2, -0.15) is 0 Å². The molecule has 0 bridgehead atoms. The fourth-order valence-electron chi connectivity index (χ4n) is 2.09. The van der Waals surface area contributed by atoms with Crippen molar-refractivity contribution in [1.29, 1.82) is 0 Å². The number of carboxylic acids is 1. The molecule has 0 aliphatic carbocycles. The van der Waals surface area contributed by atoms with Gasteiger partial charge in [-0.1, -0.05) is 36.4 Å². The molecule has 0 atom stereocenters. The van der Waals surface area contributed by atoms with Crippen molar-refractivity contribution in [2.24, 2.45) is 5.73 Å². The van der Waals surface area contributed by atoms with Crippen LogP contribution in [-0.4, -0.2) is 17.0 Å². The number of aliphatic carboxylic acids is 1. The number of benzene rings is 2. The van der Waals surface area contributed by atoms with Gasteiger partial charge in [0.2, 0.25) is 5.91 Å². The molecule has 0 saturated carbocycles. The van der Waals surface area contributed by atoms with Crippen LogP contribution in [0.2, 0.25) is 0 Å². The molecule has 20 heavy (non-hydrogen) atoms. The predicted octanol–water partition coefficient (Wildman–Crippen LogP) is 2.47. The van der Waals surface area contributed by atoms with Crippen molar-refractivity contribution in [3.05, 3.63) is 59.7 Å². The molecule has 0 aliphatic rings. The molecular formula is C16H15NO3. The highest BCUT2D eigenvalue weighted by atomic mass is 16.4. The molecule has 4 nitrogen and oxygen atoms in total. The third-order valence-electron chi connectivity index (χ3n) is 3.08. The SMILES string of the molecule is NC(=O)c1ccc(-c2ccccc2)c(CCC(=O)O)c1. The molecule has 2 aromatic rings. The summed E-state index contributed by atoms with van der Waals surface area (Å²) in [6.07, 6.45) is 0.378. The van der Waals surface area contributed by atoms with Gasteiger partial charge in [-0.3, -0.25) is 9.59 Å². The first-order valence-corrected chi connectivity index (χ1v) is 6.28. The summed E-state index contributed by atoms with van der Waals surface area (Å²) < 4.78 is 0. The summed E-state index contributed by atoms with van der Waals surface area (Å²) in [6.45, 7) is 0. The van der Waals surface area contributed by atoms with E-state index in [0.717, 1.165) is 16.7 Å². The molecule has 2 rings (SSSR count). The number of primary amides is 1. The first-order chi connectivity index (χ1) is 9.58. The summed E-state index contributed by atoms with van der Waals surface area (Å²) in [5.74, 6) is -1.38. The van der Waals surface area contributed by atoms with E-state index in [1.54, 1.807) is 12.1 Å². The molecule has 102 valence electrons. The highest BCUT2D eigenvalue weighted by Gasteiger charge is 2.10. The Morgan fingerprint density at radius 1 is 1.05 bits per heavy atom. The molecule has 0 unspecified atom stereocenters. The van der Waals surface area contributed by atoms with E-state index >= 15 is 0 Å². The van der Waals surface area contributed by atoms with Crippen molar-refractivity contribution in [2.75, 3.05) is 0 Å². The Morgan fingerprint density at radius 3 is 2.35 bits per heavy atom. The highest BCUT2D eigenvalue weighted by molar-refractivity contribution is 5.93. The lowest BCUT2D eigenvalue weighted by molar-refractivity contribution is -0.136. The van der Waals surface area contributed by atoms with Crippen LogP contribution in [0, 0.1) is 0 Å². The molecule has 0 spiro atoms. The maximum Gasteiger partial charge on any atom is 0.303 e. The zero-order valence-corrected chi connectivity index (χ0v) is 10.9. The average molecular weight is 269 g/mol. The number of nitrogens with two attached hydrogens (primary N) is 1. The average Bonchev–Trinajstić information content (AvgIpc) is 2.45. The first-order valence-electron chi connectivity index (χ1n) is 6.28. The standard InChI is InChI=1S/C16H15NO3/c17-16(20)13-6-8-14(11-4-2-1-3-5-11)12(10-13)7-9-15(18)19/h1-6,8,10H,7,9H2,(H2,17,20)(H,18,19). The summed E-state index contributed by atoms with van der Waals surface area (Å²) in [5, 5.41) is 8.82. The Labute approximate surface area is 116 Å². The van der Waals surface area contributed by atoms with Crippen LogP contribution in [-0.2, 0) is 11.2 Å². The number of aryl methyl sites for hydroxylation is 1. The van der Waals surface area contributed by atoms with Gasteiger partial charge in [0.25, 0.3) is 0 Å². The number of hydrogen-bond donors (Lipinski definition) is 2. The summed E-state index contributed by atoms with van der Waals surface area (Å²) in [7, 11) is 0. The molecule has 0 aliphatic heterocycles. The zero-order chi connectivity index (χ0) is 14.5. The predicted molar refractivity (Wildman–Crippen MR) is 76.4 cm³/mol. The number of carboxylic acid groups (broad SMARTS) is 1. The van der Waals surface area contributed by atoms with Gasteiger partial charge in [-0.25, -0.2) is 0 Å². The number of amides is 1. The third-order valence-corrected chi connectivity index (χ3v) is 3.08. The number of carbonyl (C=O) groups excluding carboxylic acids is 1. The molecule has 0 aromatic heterocycles. The molecule has 0 radical (unpaired) electrons. The van der Waals surface area contributed by atoms with Gasteiger partial charge in [0, 0.05) is 12.0 Å². The van der Waals surface area contributed by atoms with Crippen LogP contribution in [0.5, 0.6) is 0 Å². The van der Waals surface area contributed by atoms with Crippen LogP contribution >= 0.6 is 0 Å². The maximum atomic E-state index is 11.2. The van der Waals surface area contributed by atoms with Crippen molar-refractivity contribution in [1.82, 2.24) is 0 Å². The second-order valence-electron chi connectivity index (χ2n) is 4.50. The number of rotatable bonds is 5. The van der Waals surface area contributed by atoms with Crippen LogP contribution < -0.4 is 5.73 Å². The second kappa shape index (κ2) is 6.02. The third kappa shape index (κ3) is 3.23. The number of carbonyl (C=O) groups is 2.